The van der Waals surface area contributed by atoms with E-state index in [1.165, 1.54) is 12.7 Å². The molecule has 0 radical (unpaired) electrons. The molecule has 0 amide bonds. The van der Waals surface area contributed by atoms with E-state index in [-0.39, 0.29) is 35.5 Å². The molecule has 0 aliphatic carbocycles. The molecule has 33 heavy (non-hydrogen) atoms. The largest absolute Gasteiger partial charge is 0.493 e. The molecule has 3 aromatic rings. The van der Waals surface area contributed by atoms with Crippen molar-refractivity contribution in [3.63, 3.8) is 0 Å². The Hall–Kier alpha value is -2.89. The Morgan fingerprint density at radius 2 is 1.88 bits per heavy atom. The number of rotatable bonds is 9. The van der Waals surface area contributed by atoms with Gasteiger partial charge in [-0.15, -0.1) is 24.0 Å². The Labute approximate surface area is 208 Å². The van der Waals surface area contributed by atoms with Gasteiger partial charge in [-0.2, -0.15) is 8.78 Å². The van der Waals surface area contributed by atoms with E-state index in [0.29, 0.717) is 31.4 Å². The first kappa shape index (κ1) is 26.4. The molecule has 0 atom stereocenters. The van der Waals surface area contributed by atoms with Crippen LogP contribution in [0.15, 0.2) is 58.1 Å². The van der Waals surface area contributed by atoms with Crippen LogP contribution in [0.3, 0.4) is 0 Å². The highest BCUT2D eigenvalue weighted by Crippen LogP contribution is 2.29. The lowest BCUT2D eigenvalue weighted by molar-refractivity contribution is -0.0512. The van der Waals surface area contributed by atoms with Crippen molar-refractivity contribution in [2.24, 2.45) is 4.99 Å². The van der Waals surface area contributed by atoms with Crippen LogP contribution in [-0.2, 0) is 13.0 Å². The molecule has 2 N–H and O–H groups in total. The van der Waals surface area contributed by atoms with E-state index in [2.05, 4.69) is 25.3 Å². The molecule has 1 aromatic heterocycles. The molecular weight excluding hydrogens is 545 g/mol. The molecule has 7 nitrogen and oxygen atoms in total. The smallest absolute Gasteiger partial charge is 0.387 e. The van der Waals surface area contributed by atoms with Gasteiger partial charge in [0.2, 0.25) is 5.89 Å². The summed E-state index contributed by atoms with van der Waals surface area (Å²) in [6.07, 6.45) is 2.18. The van der Waals surface area contributed by atoms with Gasteiger partial charge in [-0.3, -0.25) is 4.99 Å². The minimum absolute atomic E-state index is 0. The molecule has 0 aliphatic heterocycles. The van der Waals surface area contributed by atoms with Crippen LogP contribution in [0.25, 0.3) is 11.5 Å². The Kier molecular flexibility index (Phi) is 10.4. The maximum Gasteiger partial charge on any atom is 0.387 e. The Balaban J connectivity index is 0.00000385. The summed E-state index contributed by atoms with van der Waals surface area (Å²) >= 11 is 0. The van der Waals surface area contributed by atoms with Gasteiger partial charge in [-0.1, -0.05) is 23.8 Å². The molecular formula is C23H27F2IN4O3. The number of halogens is 3. The number of ether oxygens (including phenoxy) is 2. The monoisotopic (exact) mass is 572 g/mol. The van der Waals surface area contributed by atoms with Crippen molar-refractivity contribution in [3.8, 4) is 23.0 Å². The van der Waals surface area contributed by atoms with Gasteiger partial charge in [0.05, 0.1) is 19.3 Å². The summed E-state index contributed by atoms with van der Waals surface area (Å²) in [6, 6.07) is 12.9. The zero-order chi connectivity index (χ0) is 22.9. The summed E-state index contributed by atoms with van der Waals surface area (Å²) in [5.41, 5.74) is 3.65. The minimum atomic E-state index is -2.91. The van der Waals surface area contributed by atoms with Crippen LogP contribution >= 0.6 is 24.0 Å². The third-order valence-corrected chi connectivity index (χ3v) is 4.66. The number of alkyl halides is 2. The predicted molar refractivity (Wildman–Crippen MR) is 134 cm³/mol. The second kappa shape index (κ2) is 13.0. The molecule has 0 saturated carbocycles. The highest BCUT2D eigenvalue weighted by Gasteiger charge is 2.12. The minimum Gasteiger partial charge on any atom is -0.493 e. The molecule has 2 aromatic carbocycles. The quantitative estimate of drug-likeness (QED) is 0.218. The first-order chi connectivity index (χ1) is 15.5. The van der Waals surface area contributed by atoms with Crippen molar-refractivity contribution in [1.29, 1.82) is 0 Å². The molecule has 10 heteroatoms. The van der Waals surface area contributed by atoms with Crippen LogP contribution in [0.5, 0.6) is 11.5 Å². The molecule has 0 unspecified atom stereocenters. The van der Waals surface area contributed by atoms with Crippen LogP contribution in [0.2, 0.25) is 0 Å². The second-order valence-corrected chi connectivity index (χ2v) is 6.98. The molecule has 0 fully saturated rings. The molecule has 0 spiro atoms. The zero-order valence-electron chi connectivity index (χ0n) is 18.6. The number of hydrogen-bond acceptors (Lipinski definition) is 5. The SMILES string of the molecule is CN=C(NCCc1ccc(OC)c(OC(F)F)c1)NCc1coc(-c2ccc(C)cc2)n1.I. The summed E-state index contributed by atoms with van der Waals surface area (Å²) in [5, 5.41) is 6.36. The van der Waals surface area contributed by atoms with E-state index in [1.807, 2.05) is 31.2 Å². The van der Waals surface area contributed by atoms with Crippen LogP contribution in [0.1, 0.15) is 16.8 Å². The Morgan fingerprint density at radius 3 is 2.55 bits per heavy atom. The topological polar surface area (TPSA) is 80.9 Å². The van der Waals surface area contributed by atoms with Crippen molar-refractivity contribution in [1.82, 2.24) is 15.6 Å². The van der Waals surface area contributed by atoms with Crippen molar-refractivity contribution >= 4 is 29.9 Å². The normalized spacial score (nSPS) is 11.2. The number of nitrogens with zero attached hydrogens (tertiary/aromatic N) is 2. The average Bonchev–Trinajstić information content (AvgIpc) is 3.25. The average molecular weight is 572 g/mol. The lowest BCUT2D eigenvalue weighted by atomic mass is 10.1. The van der Waals surface area contributed by atoms with E-state index in [1.54, 1.807) is 31.5 Å². The highest BCUT2D eigenvalue weighted by atomic mass is 127. The second-order valence-electron chi connectivity index (χ2n) is 6.98. The number of aliphatic imine (C=N–C) groups is 1. The number of methoxy groups -OCH3 is 1. The first-order valence-electron chi connectivity index (χ1n) is 10.1. The fourth-order valence-corrected chi connectivity index (χ4v) is 3.00. The number of benzene rings is 2. The third-order valence-electron chi connectivity index (χ3n) is 4.66. The summed E-state index contributed by atoms with van der Waals surface area (Å²) in [6.45, 7) is 0.0820. The number of nitrogens with one attached hydrogen (secondary N) is 2. The number of aromatic nitrogens is 1. The predicted octanol–water partition coefficient (Wildman–Crippen LogP) is 4.79. The van der Waals surface area contributed by atoms with Crippen LogP contribution in [0.4, 0.5) is 8.78 Å². The van der Waals surface area contributed by atoms with Gasteiger partial charge in [-0.05, 0) is 43.2 Å². The van der Waals surface area contributed by atoms with E-state index in [4.69, 9.17) is 9.15 Å². The maximum absolute atomic E-state index is 12.6. The first-order valence-corrected chi connectivity index (χ1v) is 10.1. The summed E-state index contributed by atoms with van der Waals surface area (Å²) < 4.78 is 40.3. The van der Waals surface area contributed by atoms with Crippen molar-refractivity contribution < 1.29 is 22.7 Å². The number of oxazole rings is 1. The van der Waals surface area contributed by atoms with Crippen molar-refractivity contribution in [3.05, 3.63) is 65.5 Å². The van der Waals surface area contributed by atoms with Crippen LogP contribution < -0.4 is 20.1 Å². The fourth-order valence-electron chi connectivity index (χ4n) is 3.00. The molecule has 0 aliphatic rings. The number of hydrogen-bond donors (Lipinski definition) is 2. The van der Waals surface area contributed by atoms with Crippen LogP contribution in [0, 0.1) is 6.92 Å². The Bertz CT molecular complexity index is 1040. The van der Waals surface area contributed by atoms with Gasteiger partial charge in [0.25, 0.3) is 0 Å². The van der Waals surface area contributed by atoms with E-state index >= 15 is 0 Å². The molecule has 0 bridgehead atoms. The van der Waals surface area contributed by atoms with Gasteiger partial charge in [0.1, 0.15) is 6.26 Å². The zero-order valence-corrected chi connectivity index (χ0v) is 20.9. The van der Waals surface area contributed by atoms with E-state index in [9.17, 15) is 8.78 Å². The summed E-state index contributed by atoms with van der Waals surface area (Å²) in [5.74, 6) is 1.42. The molecule has 0 saturated heterocycles. The van der Waals surface area contributed by atoms with Gasteiger partial charge < -0.3 is 24.5 Å². The van der Waals surface area contributed by atoms with Gasteiger partial charge in [-0.25, -0.2) is 4.98 Å². The third kappa shape index (κ3) is 7.88. The van der Waals surface area contributed by atoms with Gasteiger partial charge in [0.15, 0.2) is 17.5 Å². The number of aryl methyl sites for hydroxylation is 1. The Morgan fingerprint density at radius 1 is 1.12 bits per heavy atom. The molecule has 1 heterocycles. The fraction of sp³-hybridized carbons (Fsp3) is 0.304. The summed E-state index contributed by atoms with van der Waals surface area (Å²) in [7, 11) is 3.07. The van der Waals surface area contributed by atoms with Crippen molar-refractivity contribution in [2.45, 2.75) is 26.5 Å². The van der Waals surface area contributed by atoms with Crippen molar-refractivity contribution in [2.75, 3.05) is 20.7 Å². The van der Waals surface area contributed by atoms with E-state index < -0.39 is 6.61 Å². The summed E-state index contributed by atoms with van der Waals surface area (Å²) in [4.78, 5) is 8.68. The van der Waals surface area contributed by atoms with E-state index in [0.717, 1.165) is 16.8 Å². The lowest BCUT2D eigenvalue weighted by Gasteiger charge is -2.13. The molecule has 178 valence electrons. The molecule has 3 rings (SSSR count). The highest BCUT2D eigenvalue weighted by molar-refractivity contribution is 14.0. The number of guanidine groups is 1. The van der Waals surface area contributed by atoms with Crippen LogP contribution in [-0.4, -0.2) is 38.3 Å². The standard InChI is InChI=1S/C23H26F2N4O3.HI/c1-15-4-7-17(8-5-15)21-29-18(14-31-21)13-28-23(26-2)27-11-10-16-6-9-19(30-3)20(12-16)32-22(24)25;/h4-9,12,14,22H,10-11,13H2,1-3H3,(H2,26,27,28);1H. The maximum atomic E-state index is 12.6. The van der Waals surface area contributed by atoms with Gasteiger partial charge >= 0.3 is 6.61 Å². The van der Waals surface area contributed by atoms with Gasteiger partial charge in [0, 0.05) is 19.2 Å². The lowest BCUT2D eigenvalue weighted by Crippen LogP contribution is -2.37.